The normalized spacial score (nSPS) is 15.3. The summed E-state index contributed by atoms with van der Waals surface area (Å²) in [6.07, 6.45) is 6.01. The number of alkyl carbamates (subject to hydrolysis) is 1. The molecule has 2 aromatic carbocycles. The van der Waals surface area contributed by atoms with Crippen molar-refractivity contribution in [1.82, 2.24) is 40.5 Å². The molecule has 0 saturated carbocycles. The van der Waals surface area contributed by atoms with Crippen molar-refractivity contribution < 1.29 is 14.3 Å². The summed E-state index contributed by atoms with van der Waals surface area (Å²) in [5, 5.41) is 7.42. The number of aryl methyl sites for hydroxylation is 1. The third-order valence-corrected chi connectivity index (χ3v) is 8.02. The maximum absolute atomic E-state index is 11.7. The molecule has 0 spiro atoms. The molecule has 1 saturated heterocycles. The van der Waals surface area contributed by atoms with Gasteiger partial charge in [0.1, 0.15) is 11.6 Å². The fourth-order valence-corrected chi connectivity index (χ4v) is 5.63. The number of H-pyrrole nitrogens is 2. The minimum Gasteiger partial charge on any atom is -0.453 e. The highest BCUT2D eigenvalue weighted by Crippen LogP contribution is 2.31. The summed E-state index contributed by atoms with van der Waals surface area (Å²) in [6, 6.07) is 17.3. The van der Waals surface area contributed by atoms with E-state index in [0.29, 0.717) is 12.6 Å². The van der Waals surface area contributed by atoms with Crippen molar-refractivity contribution in [2.45, 2.75) is 38.1 Å². The lowest BCUT2D eigenvalue weighted by Gasteiger charge is -2.16. The number of rotatable bonds is 10. The first-order valence-electron chi connectivity index (χ1n) is 14.7. The first-order valence-corrected chi connectivity index (χ1v) is 14.7. The van der Waals surface area contributed by atoms with E-state index in [9.17, 15) is 9.59 Å². The van der Waals surface area contributed by atoms with E-state index in [1.165, 1.54) is 13.5 Å². The van der Waals surface area contributed by atoms with Crippen LogP contribution in [0.5, 0.6) is 0 Å². The van der Waals surface area contributed by atoms with Crippen LogP contribution in [0.4, 0.5) is 4.79 Å². The van der Waals surface area contributed by atoms with E-state index in [1.54, 1.807) is 0 Å². The van der Waals surface area contributed by atoms with E-state index < -0.39 is 6.09 Å². The molecule has 4 N–H and O–H groups in total. The number of methoxy groups -OCH3 is 1. The van der Waals surface area contributed by atoms with E-state index in [2.05, 4.69) is 90.8 Å². The van der Waals surface area contributed by atoms with E-state index >= 15 is 0 Å². The Balaban J connectivity index is 1.06. The van der Waals surface area contributed by atoms with Gasteiger partial charge in [-0.25, -0.2) is 19.7 Å². The van der Waals surface area contributed by atoms with Gasteiger partial charge in [-0.15, -0.1) is 0 Å². The van der Waals surface area contributed by atoms with Crippen LogP contribution in [-0.2, 0) is 16.0 Å². The second kappa shape index (κ2) is 12.6. The topological polar surface area (TPSA) is 141 Å². The first kappa shape index (κ1) is 28.4. The van der Waals surface area contributed by atoms with Crippen molar-refractivity contribution in [2.75, 3.05) is 33.8 Å². The van der Waals surface area contributed by atoms with Crippen molar-refractivity contribution >= 4 is 33.9 Å². The number of aromatic amines is 2. The molecule has 3 aromatic heterocycles. The van der Waals surface area contributed by atoms with Crippen molar-refractivity contribution in [1.29, 1.82) is 0 Å². The molecule has 0 radical (unpaired) electrons. The van der Waals surface area contributed by atoms with Crippen molar-refractivity contribution in [3.05, 3.63) is 66.4 Å². The number of carbonyl (C=O) groups is 2. The van der Waals surface area contributed by atoms with Gasteiger partial charge in [-0.2, -0.15) is 0 Å². The third kappa shape index (κ3) is 6.51. The zero-order chi connectivity index (χ0) is 29.8. The number of pyridine rings is 1. The molecule has 11 heteroatoms. The number of amides is 2. The standard InChI is InChI=1S/C32H36N8O3/c1-40-15-5-6-27(40)31-38-25-13-12-24(37-30(25)39-31)22-10-8-21-17-23(11-9-20(21)16-22)26-18-34-28(36-26)7-3-4-14-33-29(41)19-35-32(42)43-2/h8-13,16-18,27H,3-7,14-15,19H2,1-2H3,(H,33,41)(H,34,36)(H,35,42)(H,37,38,39). The summed E-state index contributed by atoms with van der Waals surface area (Å²) in [5.41, 5.74) is 5.75. The van der Waals surface area contributed by atoms with Crippen LogP contribution in [0.1, 0.15) is 43.4 Å². The van der Waals surface area contributed by atoms with Gasteiger partial charge in [0, 0.05) is 24.1 Å². The monoisotopic (exact) mass is 580 g/mol. The van der Waals surface area contributed by atoms with Crippen LogP contribution < -0.4 is 10.6 Å². The number of hydrogen-bond acceptors (Lipinski definition) is 7. The summed E-state index contributed by atoms with van der Waals surface area (Å²) >= 11 is 0. The maximum Gasteiger partial charge on any atom is 0.407 e. The molecule has 0 aliphatic carbocycles. The smallest absolute Gasteiger partial charge is 0.407 e. The Hall–Kier alpha value is -4.77. The summed E-state index contributed by atoms with van der Waals surface area (Å²) in [5.74, 6) is 1.67. The minimum atomic E-state index is -0.623. The average Bonchev–Trinajstić information content (AvgIpc) is 3.78. The van der Waals surface area contributed by atoms with Gasteiger partial charge in [0.2, 0.25) is 5.91 Å². The Bertz CT molecular complexity index is 1760. The van der Waals surface area contributed by atoms with Gasteiger partial charge in [0.25, 0.3) is 0 Å². The van der Waals surface area contributed by atoms with E-state index in [1.807, 2.05) is 6.20 Å². The highest BCUT2D eigenvalue weighted by molar-refractivity contribution is 5.90. The molecule has 0 bridgehead atoms. The lowest BCUT2D eigenvalue weighted by atomic mass is 10.0. The highest BCUT2D eigenvalue weighted by Gasteiger charge is 2.25. The average molecular weight is 581 g/mol. The zero-order valence-corrected chi connectivity index (χ0v) is 24.4. The van der Waals surface area contributed by atoms with Crippen LogP contribution >= 0.6 is 0 Å². The van der Waals surface area contributed by atoms with Crippen molar-refractivity contribution in [3.8, 4) is 22.5 Å². The van der Waals surface area contributed by atoms with E-state index in [4.69, 9.17) is 9.97 Å². The number of ether oxygens (including phenoxy) is 1. The number of aromatic nitrogens is 5. The van der Waals surface area contributed by atoms with Gasteiger partial charge in [0.05, 0.1) is 42.8 Å². The summed E-state index contributed by atoms with van der Waals surface area (Å²) < 4.78 is 4.45. The van der Waals surface area contributed by atoms with E-state index in [0.717, 1.165) is 88.3 Å². The first-order chi connectivity index (χ1) is 21.0. The number of nitrogens with one attached hydrogen (secondary N) is 4. The SMILES string of the molecule is COC(=O)NCC(=O)NCCCCc1ncc(-c2ccc3cc(-c4ccc5[nH]c(C6CCCN6C)nc5n4)ccc3c2)[nH]1. The maximum atomic E-state index is 11.7. The molecule has 43 heavy (non-hydrogen) atoms. The van der Waals surface area contributed by atoms with Gasteiger partial charge in [-0.1, -0.05) is 24.3 Å². The molecule has 1 aliphatic rings. The molecule has 2 amide bonds. The molecule has 222 valence electrons. The Morgan fingerprint density at radius 1 is 1.00 bits per heavy atom. The third-order valence-electron chi connectivity index (χ3n) is 8.02. The fourth-order valence-electron chi connectivity index (χ4n) is 5.63. The summed E-state index contributed by atoms with van der Waals surface area (Å²) in [7, 11) is 3.41. The van der Waals surface area contributed by atoms with Crippen LogP contribution in [0.25, 0.3) is 44.5 Å². The lowest BCUT2D eigenvalue weighted by molar-refractivity contribution is -0.120. The Labute approximate surface area is 249 Å². The molecule has 1 aliphatic heterocycles. The molecule has 4 heterocycles. The molecular formula is C32H36N8O3. The minimum absolute atomic E-state index is 0.0989. The molecule has 5 aromatic rings. The number of benzene rings is 2. The second-order valence-electron chi connectivity index (χ2n) is 11.0. The number of fused-ring (bicyclic) bond motifs is 2. The molecular weight excluding hydrogens is 544 g/mol. The van der Waals surface area contributed by atoms with Crippen LogP contribution in [0.15, 0.2) is 54.7 Å². The Morgan fingerprint density at radius 2 is 1.81 bits per heavy atom. The predicted octanol–water partition coefficient (Wildman–Crippen LogP) is 4.73. The van der Waals surface area contributed by atoms with Gasteiger partial charge in [-0.3, -0.25) is 9.69 Å². The lowest BCUT2D eigenvalue weighted by Crippen LogP contribution is -2.37. The van der Waals surface area contributed by atoms with Gasteiger partial charge >= 0.3 is 6.09 Å². The Kier molecular flexibility index (Phi) is 8.32. The number of hydrogen-bond donors (Lipinski definition) is 4. The second-order valence-corrected chi connectivity index (χ2v) is 11.0. The fraction of sp³-hybridized carbons (Fsp3) is 0.344. The van der Waals surface area contributed by atoms with Crippen molar-refractivity contribution in [2.24, 2.45) is 0 Å². The largest absolute Gasteiger partial charge is 0.453 e. The van der Waals surface area contributed by atoms with Crippen LogP contribution in [0, 0.1) is 0 Å². The number of likely N-dealkylation sites (tertiary alicyclic amines) is 1. The van der Waals surface area contributed by atoms with Gasteiger partial charge < -0.3 is 25.3 Å². The quantitative estimate of drug-likeness (QED) is 0.175. The number of unbranched alkanes of at least 4 members (excludes halogenated alkanes) is 1. The van der Waals surface area contributed by atoms with Crippen LogP contribution in [0.2, 0.25) is 0 Å². The van der Waals surface area contributed by atoms with Crippen LogP contribution in [0.3, 0.4) is 0 Å². The van der Waals surface area contributed by atoms with E-state index in [-0.39, 0.29) is 12.5 Å². The zero-order valence-electron chi connectivity index (χ0n) is 24.4. The summed E-state index contributed by atoms with van der Waals surface area (Å²) in [4.78, 5) is 46.3. The van der Waals surface area contributed by atoms with Gasteiger partial charge in [0.15, 0.2) is 5.65 Å². The number of carbonyl (C=O) groups excluding carboxylic acids is 2. The molecule has 1 fully saturated rings. The highest BCUT2D eigenvalue weighted by atomic mass is 16.5. The predicted molar refractivity (Wildman–Crippen MR) is 165 cm³/mol. The summed E-state index contributed by atoms with van der Waals surface area (Å²) in [6.45, 7) is 1.54. The number of nitrogens with zero attached hydrogens (tertiary/aromatic N) is 4. The molecule has 1 unspecified atom stereocenters. The van der Waals surface area contributed by atoms with Gasteiger partial charge in [-0.05, 0) is 74.3 Å². The molecule has 6 rings (SSSR count). The number of imidazole rings is 2. The Morgan fingerprint density at radius 3 is 2.60 bits per heavy atom. The van der Waals surface area contributed by atoms with Crippen molar-refractivity contribution in [3.63, 3.8) is 0 Å². The van der Waals surface area contributed by atoms with Crippen LogP contribution in [-0.4, -0.2) is 75.6 Å². The molecule has 11 nitrogen and oxygen atoms in total. The molecule has 1 atom stereocenters.